The number of nitro benzene ring substituents is 3. The zero-order valence-electron chi connectivity index (χ0n) is 18.6. The van der Waals surface area contributed by atoms with Gasteiger partial charge in [-0.2, -0.15) is 0 Å². The molecular formula is C24H17N5O7. The van der Waals surface area contributed by atoms with E-state index in [1.165, 1.54) is 12.3 Å². The van der Waals surface area contributed by atoms with Crippen LogP contribution in [0.2, 0.25) is 0 Å². The second kappa shape index (κ2) is 9.46. The molecule has 0 bridgehead atoms. The van der Waals surface area contributed by atoms with Crippen LogP contribution in [0.25, 0.3) is 10.8 Å². The minimum Gasteiger partial charge on any atom is -0.507 e. The van der Waals surface area contributed by atoms with E-state index in [4.69, 9.17) is 0 Å². The van der Waals surface area contributed by atoms with Crippen LogP contribution in [0, 0.1) is 37.3 Å². The van der Waals surface area contributed by atoms with Crippen LogP contribution >= 0.6 is 0 Å². The van der Waals surface area contributed by atoms with E-state index in [1.807, 2.05) is 24.3 Å². The Hall–Kier alpha value is -5.39. The summed E-state index contributed by atoms with van der Waals surface area (Å²) in [6.07, 6.45) is 1.49. The van der Waals surface area contributed by atoms with Gasteiger partial charge in [0.15, 0.2) is 5.69 Å². The van der Waals surface area contributed by atoms with Crippen molar-refractivity contribution >= 4 is 51.1 Å². The van der Waals surface area contributed by atoms with Gasteiger partial charge in [0.25, 0.3) is 5.69 Å². The zero-order valence-corrected chi connectivity index (χ0v) is 18.6. The van der Waals surface area contributed by atoms with Crippen LogP contribution in [-0.2, 0) is 0 Å². The first-order valence-electron chi connectivity index (χ1n) is 10.4. The fraction of sp³-hybridized carbons (Fsp3) is 0.0417. The van der Waals surface area contributed by atoms with Gasteiger partial charge < -0.3 is 10.4 Å². The smallest absolute Gasteiger partial charge is 0.306 e. The topological polar surface area (TPSA) is 174 Å². The molecule has 4 aromatic rings. The quantitative estimate of drug-likeness (QED) is 0.179. The largest absolute Gasteiger partial charge is 0.507 e. The van der Waals surface area contributed by atoms with Crippen LogP contribution in [-0.4, -0.2) is 26.1 Å². The van der Waals surface area contributed by atoms with E-state index in [1.54, 1.807) is 31.2 Å². The molecule has 0 amide bonds. The maximum Gasteiger partial charge on any atom is 0.306 e. The van der Waals surface area contributed by atoms with Gasteiger partial charge in [0.05, 0.1) is 32.6 Å². The number of phenolic OH excluding ortho intramolecular Hbond substituents is 1. The summed E-state index contributed by atoms with van der Waals surface area (Å²) in [5.74, 6) is 0.0292. The second-order valence-corrected chi connectivity index (χ2v) is 7.73. The first kappa shape index (κ1) is 23.8. The summed E-state index contributed by atoms with van der Waals surface area (Å²) >= 11 is 0. The summed E-state index contributed by atoms with van der Waals surface area (Å²) in [4.78, 5) is 35.9. The zero-order chi connectivity index (χ0) is 26.0. The van der Waals surface area contributed by atoms with Crippen molar-refractivity contribution in [1.29, 1.82) is 0 Å². The van der Waals surface area contributed by atoms with Gasteiger partial charge in [0.1, 0.15) is 5.75 Å². The number of aliphatic imine (C=N–C) groups is 1. The van der Waals surface area contributed by atoms with Crippen LogP contribution in [0.3, 0.4) is 0 Å². The maximum absolute atomic E-state index is 11.6. The monoisotopic (exact) mass is 487 g/mol. The van der Waals surface area contributed by atoms with Gasteiger partial charge in [0, 0.05) is 17.5 Å². The highest BCUT2D eigenvalue weighted by Crippen LogP contribution is 2.40. The number of phenols is 1. The van der Waals surface area contributed by atoms with E-state index in [0.717, 1.165) is 16.3 Å². The molecule has 0 radical (unpaired) electrons. The molecule has 0 saturated heterocycles. The predicted molar refractivity (Wildman–Crippen MR) is 134 cm³/mol. The SMILES string of the molecule is Cc1ccc(Nc2c([N+](=O)[O-])cc([N+](=O)[O-])cc2[N+](=O)[O-])cc1N=Cc1c(O)ccc2ccccc12. The summed E-state index contributed by atoms with van der Waals surface area (Å²) in [5.41, 5.74) is -1.03. The van der Waals surface area contributed by atoms with E-state index in [0.29, 0.717) is 23.4 Å². The molecule has 0 saturated carbocycles. The van der Waals surface area contributed by atoms with Crippen molar-refractivity contribution in [1.82, 2.24) is 0 Å². The number of benzene rings is 4. The van der Waals surface area contributed by atoms with E-state index in [2.05, 4.69) is 10.3 Å². The average Bonchev–Trinajstić information content (AvgIpc) is 2.84. The molecule has 4 aromatic carbocycles. The third-order valence-electron chi connectivity index (χ3n) is 5.44. The van der Waals surface area contributed by atoms with Crippen molar-refractivity contribution < 1.29 is 19.9 Å². The molecule has 0 aliphatic rings. The molecule has 0 aliphatic heterocycles. The molecule has 0 aliphatic carbocycles. The lowest BCUT2D eigenvalue weighted by Crippen LogP contribution is -2.03. The van der Waals surface area contributed by atoms with E-state index in [9.17, 15) is 35.4 Å². The lowest BCUT2D eigenvalue weighted by Gasteiger charge is -2.10. The molecule has 0 unspecified atom stereocenters. The van der Waals surface area contributed by atoms with E-state index in [-0.39, 0.29) is 11.4 Å². The first-order valence-corrected chi connectivity index (χ1v) is 10.4. The van der Waals surface area contributed by atoms with Crippen molar-refractivity contribution in [3.63, 3.8) is 0 Å². The molecule has 2 N–H and O–H groups in total. The minimum atomic E-state index is -0.939. The highest BCUT2D eigenvalue weighted by molar-refractivity contribution is 6.03. The van der Waals surface area contributed by atoms with Crippen LogP contribution < -0.4 is 5.32 Å². The van der Waals surface area contributed by atoms with Crippen molar-refractivity contribution in [2.24, 2.45) is 4.99 Å². The van der Waals surface area contributed by atoms with Crippen LogP contribution in [0.4, 0.5) is 34.1 Å². The van der Waals surface area contributed by atoms with Gasteiger partial charge in [-0.3, -0.25) is 35.3 Å². The van der Waals surface area contributed by atoms with Crippen molar-refractivity contribution in [2.45, 2.75) is 6.92 Å². The van der Waals surface area contributed by atoms with Crippen molar-refractivity contribution in [3.05, 3.63) is 108 Å². The number of nitro groups is 3. The lowest BCUT2D eigenvalue weighted by atomic mass is 10.0. The Bertz CT molecular complexity index is 1550. The summed E-state index contributed by atoms with van der Waals surface area (Å²) in [7, 11) is 0. The van der Waals surface area contributed by atoms with Gasteiger partial charge in [-0.15, -0.1) is 0 Å². The van der Waals surface area contributed by atoms with Gasteiger partial charge >= 0.3 is 11.4 Å². The van der Waals surface area contributed by atoms with E-state index < -0.39 is 37.5 Å². The molecule has 12 nitrogen and oxygen atoms in total. The van der Waals surface area contributed by atoms with Gasteiger partial charge in [0.2, 0.25) is 0 Å². The van der Waals surface area contributed by atoms with Gasteiger partial charge in [-0.1, -0.05) is 36.4 Å². The minimum absolute atomic E-state index is 0.0292. The van der Waals surface area contributed by atoms with Crippen molar-refractivity contribution in [3.8, 4) is 5.75 Å². The summed E-state index contributed by atoms with van der Waals surface area (Å²) in [6.45, 7) is 1.77. The summed E-state index contributed by atoms with van der Waals surface area (Å²) in [6, 6.07) is 16.8. The Morgan fingerprint density at radius 2 is 1.53 bits per heavy atom. The fourth-order valence-electron chi connectivity index (χ4n) is 3.64. The number of aromatic hydroxyl groups is 1. The van der Waals surface area contributed by atoms with Crippen LogP contribution in [0.1, 0.15) is 11.1 Å². The number of nitrogens with one attached hydrogen (secondary N) is 1. The number of hydrogen-bond acceptors (Lipinski definition) is 9. The molecular weight excluding hydrogens is 470 g/mol. The number of nitrogens with zero attached hydrogens (tertiary/aromatic N) is 4. The molecule has 0 fully saturated rings. The molecule has 4 rings (SSSR count). The molecule has 180 valence electrons. The summed E-state index contributed by atoms with van der Waals surface area (Å²) in [5, 5.41) is 48.9. The van der Waals surface area contributed by atoms with Crippen molar-refractivity contribution in [2.75, 3.05) is 5.32 Å². The first-order chi connectivity index (χ1) is 17.2. The predicted octanol–water partition coefficient (Wildman–Crippen LogP) is 6.07. The van der Waals surface area contributed by atoms with E-state index >= 15 is 0 Å². The molecule has 36 heavy (non-hydrogen) atoms. The highest BCUT2D eigenvalue weighted by atomic mass is 16.6. The number of aryl methyl sites for hydroxylation is 1. The molecule has 0 atom stereocenters. The number of rotatable bonds is 7. The fourth-order valence-corrected chi connectivity index (χ4v) is 3.64. The molecule has 0 heterocycles. The number of anilines is 2. The number of non-ortho nitro benzene ring substituents is 1. The Labute approximate surface area is 202 Å². The maximum atomic E-state index is 11.6. The second-order valence-electron chi connectivity index (χ2n) is 7.73. The van der Waals surface area contributed by atoms with Gasteiger partial charge in [-0.05, 0) is 41.5 Å². The summed E-state index contributed by atoms with van der Waals surface area (Å²) < 4.78 is 0. The normalized spacial score (nSPS) is 11.0. The number of fused-ring (bicyclic) bond motifs is 1. The number of hydrogen-bond donors (Lipinski definition) is 2. The Balaban J connectivity index is 1.77. The standard InChI is InChI=1S/C24H17N5O7/c1-14-6-8-16(26-24-21(28(33)34)11-17(27(31)32)12-22(24)29(35)36)10-20(14)25-13-19-18-5-3-2-4-15(18)7-9-23(19)30/h2-13,26,30H,1H3. The highest BCUT2D eigenvalue weighted by Gasteiger charge is 2.30. The molecule has 0 spiro atoms. The van der Waals surface area contributed by atoms with Crippen LogP contribution in [0.5, 0.6) is 5.75 Å². The average molecular weight is 487 g/mol. The lowest BCUT2D eigenvalue weighted by molar-refractivity contribution is -0.401. The van der Waals surface area contributed by atoms with Crippen LogP contribution in [0.15, 0.2) is 71.7 Å². The third kappa shape index (κ3) is 4.63. The Kier molecular flexibility index (Phi) is 6.24. The van der Waals surface area contributed by atoms with Gasteiger partial charge in [-0.25, -0.2) is 0 Å². The molecule has 12 heteroatoms. The molecule has 0 aromatic heterocycles. The Morgan fingerprint density at radius 1 is 0.861 bits per heavy atom. The third-order valence-corrected chi connectivity index (χ3v) is 5.44. The Morgan fingerprint density at radius 3 is 2.17 bits per heavy atom.